The molecule has 0 saturated carbocycles. The minimum atomic E-state index is 0.896. The number of nitrogens with zero attached hydrogens (tertiary/aromatic N) is 1. The van der Waals surface area contributed by atoms with Gasteiger partial charge in [-0.2, -0.15) is 0 Å². The van der Waals surface area contributed by atoms with Crippen LogP contribution >= 0.6 is 0 Å². The molecule has 3 nitrogen and oxygen atoms in total. The van der Waals surface area contributed by atoms with Crippen LogP contribution in [0.3, 0.4) is 0 Å². The quantitative estimate of drug-likeness (QED) is 0.177. The van der Waals surface area contributed by atoms with E-state index in [-0.39, 0.29) is 0 Å². The van der Waals surface area contributed by atoms with E-state index >= 15 is 0 Å². The number of hydrogen-bond donors (Lipinski definition) is 0. The Labute approximate surface area is 328 Å². The van der Waals surface area contributed by atoms with Crippen molar-refractivity contribution in [3.63, 3.8) is 0 Å². The highest BCUT2D eigenvalue weighted by Gasteiger charge is 2.17. The lowest BCUT2D eigenvalue weighted by Crippen LogP contribution is -1.94. The van der Waals surface area contributed by atoms with Crippen LogP contribution in [-0.4, -0.2) is 4.57 Å². The molecule has 0 atom stereocenters. The van der Waals surface area contributed by atoms with Gasteiger partial charge in [-0.25, -0.2) is 0 Å². The second-order valence-electron chi connectivity index (χ2n) is 14.9. The first-order chi connectivity index (χ1) is 28.2. The highest BCUT2D eigenvalue weighted by Crippen LogP contribution is 2.40. The molecule has 0 aliphatic carbocycles. The molecule has 3 heterocycles. The van der Waals surface area contributed by atoms with Gasteiger partial charge in [-0.3, -0.25) is 0 Å². The first kappa shape index (κ1) is 31.7. The summed E-state index contributed by atoms with van der Waals surface area (Å²) >= 11 is 0. The molecule has 0 aliphatic heterocycles. The zero-order valence-corrected chi connectivity index (χ0v) is 30.8. The number of hydrogen-bond acceptors (Lipinski definition) is 2. The number of para-hydroxylation sites is 2. The summed E-state index contributed by atoms with van der Waals surface area (Å²) in [5, 5.41) is 6.92. The molecule has 0 spiro atoms. The van der Waals surface area contributed by atoms with Gasteiger partial charge < -0.3 is 13.4 Å². The van der Waals surface area contributed by atoms with Crippen LogP contribution in [0.1, 0.15) is 0 Å². The molecule has 0 unspecified atom stereocenters. The molecule has 57 heavy (non-hydrogen) atoms. The van der Waals surface area contributed by atoms with Crippen LogP contribution in [0.15, 0.2) is 209 Å². The third kappa shape index (κ3) is 5.13. The Hall–Kier alpha value is -7.62. The van der Waals surface area contributed by atoms with E-state index in [1.54, 1.807) is 0 Å². The molecule has 3 heteroatoms. The van der Waals surface area contributed by atoms with Crippen LogP contribution in [0.25, 0.3) is 116 Å². The molecule has 9 aromatic carbocycles. The lowest BCUT2D eigenvalue weighted by molar-refractivity contribution is 0.668. The number of rotatable bonds is 5. The monoisotopic (exact) mass is 727 g/mol. The molecular formula is C54H33NO2. The Bertz CT molecular complexity index is 3360. The largest absolute Gasteiger partial charge is 0.456 e. The van der Waals surface area contributed by atoms with E-state index in [2.05, 4.69) is 180 Å². The number of furan rings is 2. The summed E-state index contributed by atoms with van der Waals surface area (Å²) in [6, 6.07) is 71.7. The van der Waals surface area contributed by atoms with Gasteiger partial charge in [0.15, 0.2) is 0 Å². The molecule has 0 fully saturated rings. The number of fused-ring (bicyclic) bond motifs is 9. The summed E-state index contributed by atoms with van der Waals surface area (Å²) in [4.78, 5) is 0. The van der Waals surface area contributed by atoms with Crippen molar-refractivity contribution in [1.82, 2.24) is 4.57 Å². The van der Waals surface area contributed by atoms with Crippen molar-refractivity contribution in [2.24, 2.45) is 0 Å². The molecule has 3 aromatic heterocycles. The van der Waals surface area contributed by atoms with Crippen LogP contribution in [-0.2, 0) is 0 Å². The predicted molar refractivity (Wildman–Crippen MR) is 237 cm³/mol. The van der Waals surface area contributed by atoms with E-state index in [0.717, 1.165) is 82.9 Å². The van der Waals surface area contributed by atoms with Gasteiger partial charge in [-0.1, -0.05) is 121 Å². The highest BCUT2D eigenvalue weighted by molar-refractivity contribution is 6.13. The third-order valence-corrected chi connectivity index (χ3v) is 11.6. The van der Waals surface area contributed by atoms with Gasteiger partial charge in [-0.15, -0.1) is 0 Å². The fraction of sp³-hybridized carbons (Fsp3) is 0. The topological polar surface area (TPSA) is 31.2 Å². The predicted octanol–water partition coefficient (Wildman–Crippen LogP) is 15.3. The molecule has 0 bridgehead atoms. The molecular weight excluding hydrogens is 695 g/mol. The molecule has 0 aliphatic rings. The second-order valence-corrected chi connectivity index (χ2v) is 14.9. The number of aromatic nitrogens is 1. The molecule has 0 saturated heterocycles. The Morgan fingerprint density at radius 2 is 0.667 bits per heavy atom. The SMILES string of the molecule is c1ccc(-c2cccc(-c3cccc(-n4c5ccc(-c6ccc7c(c6)oc6ccccc67)cc5c5cc(-c6ccc7c(c6)oc6ccccc67)ccc54)c3)c2)cc1. The van der Waals surface area contributed by atoms with Crippen LogP contribution < -0.4 is 0 Å². The Balaban J connectivity index is 1.04. The van der Waals surface area contributed by atoms with E-state index in [4.69, 9.17) is 8.83 Å². The van der Waals surface area contributed by atoms with Crippen molar-refractivity contribution in [2.75, 3.05) is 0 Å². The maximum absolute atomic E-state index is 6.32. The van der Waals surface area contributed by atoms with Crippen molar-refractivity contribution in [1.29, 1.82) is 0 Å². The smallest absolute Gasteiger partial charge is 0.136 e. The standard InChI is InChI=1S/C54H33NO2/c1-2-10-34(11-3-1)35-12-8-13-36(28-35)37-14-9-15-42(29-37)55-49-26-22-38(40-20-24-45-43-16-4-6-18-51(43)56-53(45)32-40)30-47(49)48-31-39(23-27-50(48)55)41-21-25-46-44-17-5-7-19-52(44)57-54(46)33-41/h1-33H. The van der Waals surface area contributed by atoms with Crippen molar-refractivity contribution in [3.05, 3.63) is 200 Å². The summed E-state index contributed by atoms with van der Waals surface area (Å²) in [7, 11) is 0. The van der Waals surface area contributed by atoms with Gasteiger partial charge in [-0.05, 0) is 123 Å². The summed E-state index contributed by atoms with van der Waals surface area (Å²) in [6.45, 7) is 0. The van der Waals surface area contributed by atoms with Gasteiger partial charge in [0.25, 0.3) is 0 Å². The van der Waals surface area contributed by atoms with Crippen LogP contribution in [0.2, 0.25) is 0 Å². The summed E-state index contributed by atoms with van der Waals surface area (Å²) in [6.07, 6.45) is 0. The summed E-state index contributed by atoms with van der Waals surface area (Å²) < 4.78 is 15.0. The molecule has 12 aromatic rings. The Morgan fingerprint density at radius 3 is 1.26 bits per heavy atom. The summed E-state index contributed by atoms with van der Waals surface area (Å²) in [5.41, 5.74) is 16.3. The molecule has 12 rings (SSSR count). The molecule has 0 N–H and O–H groups in total. The first-order valence-electron chi connectivity index (χ1n) is 19.4. The zero-order valence-electron chi connectivity index (χ0n) is 30.8. The van der Waals surface area contributed by atoms with Crippen molar-refractivity contribution < 1.29 is 8.83 Å². The fourth-order valence-electron chi connectivity index (χ4n) is 8.80. The molecule has 0 amide bonds. The summed E-state index contributed by atoms with van der Waals surface area (Å²) in [5.74, 6) is 0. The van der Waals surface area contributed by atoms with Gasteiger partial charge in [0, 0.05) is 38.0 Å². The lowest BCUT2D eigenvalue weighted by Gasteiger charge is -2.12. The van der Waals surface area contributed by atoms with Crippen LogP contribution in [0.5, 0.6) is 0 Å². The number of benzene rings is 9. The van der Waals surface area contributed by atoms with E-state index in [9.17, 15) is 0 Å². The molecule has 0 radical (unpaired) electrons. The Morgan fingerprint density at radius 1 is 0.246 bits per heavy atom. The first-order valence-corrected chi connectivity index (χ1v) is 19.4. The van der Waals surface area contributed by atoms with E-state index < -0.39 is 0 Å². The highest BCUT2D eigenvalue weighted by atomic mass is 16.3. The van der Waals surface area contributed by atoms with Crippen molar-refractivity contribution in [3.8, 4) is 50.2 Å². The van der Waals surface area contributed by atoms with Gasteiger partial charge in [0.1, 0.15) is 22.3 Å². The Kier molecular flexibility index (Phi) is 6.93. The fourth-order valence-corrected chi connectivity index (χ4v) is 8.80. The van der Waals surface area contributed by atoms with Crippen molar-refractivity contribution in [2.45, 2.75) is 0 Å². The average Bonchev–Trinajstić information content (AvgIpc) is 3.95. The van der Waals surface area contributed by atoms with Gasteiger partial charge in [0.2, 0.25) is 0 Å². The minimum absolute atomic E-state index is 0.896. The van der Waals surface area contributed by atoms with Crippen molar-refractivity contribution >= 4 is 65.7 Å². The normalized spacial score (nSPS) is 11.9. The third-order valence-electron chi connectivity index (χ3n) is 11.6. The average molecular weight is 728 g/mol. The van der Waals surface area contributed by atoms with Gasteiger partial charge in [0.05, 0.1) is 11.0 Å². The zero-order chi connectivity index (χ0) is 37.5. The van der Waals surface area contributed by atoms with E-state index in [0.29, 0.717) is 0 Å². The van der Waals surface area contributed by atoms with Crippen LogP contribution in [0.4, 0.5) is 0 Å². The maximum Gasteiger partial charge on any atom is 0.136 e. The minimum Gasteiger partial charge on any atom is -0.456 e. The van der Waals surface area contributed by atoms with Gasteiger partial charge >= 0.3 is 0 Å². The van der Waals surface area contributed by atoms with E-state index in [1.165, 1.54) is 33.0 Å². The van der Waals surface area contributed by atoms with Crippen LogP contribution in [0, 0.1) is 0 Å². The van der Waals surface area contributed by atoms with E-state index in [1.807, 2.05) is 24.3 Å². The lowest BCUT2D eigenvalue weighted by atomic mass is 9.99. The second kappa shape index (κ2) is 12.5. The maximum atomic E-state index is 6.32. The molecule has 266 valence electrons.